The largest absolute Gasteiger partial charge is 0.416 e. The molecule has 0 saturated heterocycles. The minimum atomic E-state index is -4.41. The topological polar surface area (TPSA) is 70.7 Å². The second-order valence-corrected chi connectivity index (χ2v) is 3.69. The number of aromatic amines is 1. The highest BCUT2D eigenvalue weighted by Gasteiger charge is 2.30. The molecule has 0 aliphatic heterocycles. The molecule has 100 valence electrons. The number of nitrogens with zero attached hydrogens (tertiary/aromatic N) is 2. The van der Waals surface area contributed by atoms with Crippen LogP contribution in [0.3, 0.4) is 0 Å². The Hall–Kier alpha value is -2.38. The predicted molar refractivity (Wildman–Crippen MR) is 59.0 cm³/mol. The van der Waals surface area contributed by atoms with Crippen LogP contribution in [-0.2, 0) is 12.7 Å². The Morgan fingerprint density at radius 1 is 1.26 bits per heavy atom. The number of H-pyrrole nitrogens is 1. The number of benzene rings is 1. The van der Waals surface area contributed by atoms with Crippen molar-refractivity contribution in [2.24, 2.45) is 0 Å². The summed E-state index contributed by atoms with van der Waals surface area (Å²) in [5, 5.41) is 8.65. The molecule has 2 N–H and O–H groups in total. The number of carbonyl (C=O) groups excluding carboxylic acids is 1. The molecule has 0 atom stereocenters. The van der Waals surface area contributed by atoms with Gasteiger partial charge < -0.3 is 5.32 Å². The Balaban J connectivity index is 2.00. The standard InChI is InChI=1S/C11H9F3N4O/c12-11(13,14)8-3-1-7(2-4-8)10(19)15-5-9-16-6-17-18-9/h1-4,6H,5H2,(H,15,19)(H,16,17,18). The number of amides is 1. The molecular weight excluding hydrogens is 261 g/mol. The first-order valence-corrected chi connectivity index (χ1v) is 5.26. The van der Waals surface area contributed by atoms with Gasteiger partial charge in [0, 0.05) is 5.56 Å². The van der Waals surface area contributed by atoms with Gasteiger partial charge in [0.1, 0.15) is 12.2 Å². The molecule has 0 unspecified atom stereocenters. The molecule has 2 rings (SSSR count). The number of rotatable bonds is 3. The number of alkyl halides is 3. The molecule has 1 amide bonds. The first-order valence-electron chi connectivity index (χ1n) is 5.26. The van der Waals surface area contributed by atoms with Crippen LogP contribution in [0, 0.1) is 0 Å². The van der Waals surface area contributed by atoms with Gasteiger partial charge in [-0.15, -0.1) is 0 Å². The lowest BCUT2D eigenvalue weighted by molar-refractivity contribution is -0.137. The average molecular weight is 270 g/mol. The molecule has 2 aromatic rings. The summed E-state index contributed by atoms with van der Waals surface area (Å²) in [6.45, 7) is 0.125. The van der Waals surface area contributed by atoms with E-state index in [1.807, 2.05) is 0 Å². The third-order valence-electron chi connectivity index (χ3n) is 2.36. The lowest BCUT2D eigenvalue weighted by Gasteiger charge is -2.07. The molecule has 0 fully saturated rings. The monoisotopic (exact) mass is 270 g/mol. The Kier molecular flexibility index (Phi) is 3.50. The summed E-state index contributed by atoms with van der Waals surface area (Å²) in [5.74, 6) is -0.0228. The fourth-order valence-electron chi connectivity index (χ4n) is 1.39. The van der Waals surface area contributed by atoms with E-state index >= 15 is 0 Å². The quantitative estimate of drug-likeness (QED) is 0.892. The van der Waals surface area contributed by atoms with Gasteiger partial charge in [0.05, 0.1) is 12.1 Å². The van der Waals surface area contributed by atoms with Crippen molar-refractivity contribution >= 4 is 5.91 Å². The van der Waals surface area contributed by atoms with Gasteiger partial charge in [-0.1, -0.05) is 0 Å². The summed E-state index contributed by atoms with van der Waals surface area (Å²) in [4.78, 5) is 15.4. The van der Waals surface area contributed by atoms with Crippen LogP contribution in [0.2, 0.25) is 0 Å². The molecular formula is C11H9F3N4O. The zero-order valence-corrected chi connectivity index (χ0v) is 9.53. The molecule has 5 nitrogen and oxygen atoms in total. The van der Waals surface area contributed by atoms with E-state index in [1.165, 1.54) is 6.33 Å². The van der Waals surface area contributed by atoms with E-state index in [9.17, 15) is 18.0 Å². The van der Waals surface area contributed by atoms with Gasteiger partial charge in [0.25, 0.3) is 5.91 Å². The minimum Gasteiger partial charge on any atom is -0.345 e. The zero-order chi connectivity index (χ0) is 13.9. The summed E-state index contributed by atoms with van der Waals surface area (Å²) in [7, 11) is 0. The zero-order valence-electron chi connectivity index (χ0n) is 9.53. The van der Waals surface area contributed by atoms with Crippen molar-refractivity contribution in [3.05, 3.63) is 47.5 Å². The van der Waals surface area contributed by atoms with Crippen molar-refractivity contribution in [2.75, 3.05) is 0 Å². The second kappa shape index (κ2) is 5.09. The summed E-state index contributed by atoms with van der Waals surface area (Å²) in [6.07, 6.45) is -3.12. The number of aromatic nitrogens is 3. The summed E-state index contributed by atoms with van der Waals surface area (Å²) in [6, 6.07) is 3.98. The van der Waals surface area contributed by atoms with Gasteiger partial charge in [-0.05, 0) is 24.3 Å². The van der Waals surface area contributed by atoms with Gasteiger partial charge in [-0.25, -0.2) is 4.98 Å². The van der Waals surface area contributed by atoms with Gasteiger partial charge in [0.2, 0.25) is 0 Å². The lowest BCUT2D eigenvalue weighted by atomic mass is 10.1. The number of hydrogen-bond donors (Lipinski definition) is 2. The second-order valence-electron chi connectivity index (χ2n) is 3.69. The fourth-order valence-corrected chi connectivity index (χ4v) is 1.39. The van der Waals surface area contributed by atoms with Crippen molar-refractivity contribution < 1.29 is 18.0 Å². The molecule has 8 heteroatoms. The SMILES string of the molecule is O=C(NCc1ncn[nH]1)c1ccc(C(F)(F)F)cc1. The van der Waals surface area contributed by atoms with Crippen LogP contribution in [0.5, 0.6) is 0 Å². The molecule has 0 aliphatic carbocycles. The van der Waals surface area contributed by atoms with Crippen molar-refractivity contribution in [3.63, 3.8) is 0 Å². The van der Waals surface area contributed by atoms with Crippen LogP contribution >= 0.6 is 0 Å². The molecule has 0 bridgehead atoms. The Labute approximate surface area is 105 Å². The fraction of sp³-hybridized carbons (Fsp3) is 0.182. The number of hydrogen-bond acceptors (Lipinski definition) is 3. The first kappa shape index (κ1) is 13.1. The van der Waals surface area contributed by atoms with Crippen molar-refractivity contribution in [2.45, 2.75) is 12.7 Å². The van der Waals surface area contributed by atoms with Gasteiger partial charge in [-0.3, -0.25) is 9.89 Å². The van der Waals surface area contributed by atoms with Crippen LogP contribution < -0.4 is 5.32 Å². The molecule has 0 spiro atoms. The van der Waals surface area contributed by atoms with Crippen molar-refractivity contribution in [1.29, 1.82) is 0 Å². The van der Waals surface area contributed by atoms with Crippen LogP contribution in [0.25, 0.3) is 0 Å². The molecule has 19 heavy (non-hydrogen) atoms. The number of halogens is 3. The van der Waals surface area contributed by atoms with Crippen molar-refractivity contribution in [3.8, 4) is 0 Å². The lowest BCUT2D eigenvalue weighted by Crippen LogP contribution is -2.23. The van der Waals surface area contributed by atoms with E-state index < -0.39 is 17.6 Å². The summed E-state index contributed by atoms with van der Waals surface area (Å²) in [5.41, 5.74) is -0.646. The molecule has 0 aliphatic rings. The molecule has 1 aromatic carbocycles. The third-order valence-corrected chi connectivity index (χ3v) is 2.36. The highest BCUT2D eigenvalue weighted by molar-refractivity contribution is 5.94. The van der Waals surface area contributed by atoms with Crippen LogP contribution in [0.15, 0.2) is 30.6 Å². The summed E-state index contributed by atoms with van der Waals surface area (Å²) < 4.78 is 37.0. The average Bonchev–Trinajstić information content (AvgIpc) is 2.88. The Morgan fingerprint density at radius 3 is 2.47 bits per heavy atom. The predicted octanol–water partition coefficient (Wildman–Crippen LogP) is 1.75. The maximum absolute atomic E-state index is 12.3. The van der Waals surface area contributed by atoms with Gasteiger partial charge in [0.15, 0.2) is 0 Å². The molecule has 1 aromatic heterocycles. The van der Waals surface area contributed by atoms with Gasteiger partial charge in [-0.2, -0.15) is 18.3 Å². The smallest absolute Gasteiger partial charge is 0.345 e. The Bertz CT molecular complexity index is 548. The molecule has 0 radical (unpaired) electrons. The van der Waals surface area contributed by atoms with Crippen LogP contribution in [0.1, 0.15) is 21.7 Å². The molecule has 1 heterocycles. The van der Waals surface area contributed by atoms with Crippen molar-refractivity contribution in [1.82, 2.24) is 20.5 Å². The minimum absolute atomic E-state index is 0.125. The normalized spacial score (nSPS) is 11.3. The maximum Gasteiger partial charge on any atom is 0.416 e. The summed E-state index contributed by atoms with van der Waals surface area (Å²) >= 11 is 0. The highest BCUT2D eigenvalue weighted by Crippen LogP contribution is 2.28. The van der Waals surface area contributed by atoms with Gasteiger partial charge >= 0.3 is 6.18 Å². The number of nitrogens with one attached hydrogen (secondary N) is 2. The maximum atomic E-state index is 12.3. The molecule has 0 saturated carbocycles. The number of carbonyl (C=O) groups is 1. The van der Waals surface area contributed by atoms with E-state index in [0.717, 1.165) is 24.3 Å². The van der Waals surface area contributed by atoms with Crippen LogP contribution in [0.4, 0.5) is 13.2 Å². The Morgan fingerprint density at radius 2 is 1.95 bits per heavy atom. The first-order chi connectivity index (χ1) is 8.97. The third kappa shape index (κ3) is 3.30. The van der Waals surface area contributed by atoms with E-state index in [0.29, 0.717) is 5.82 Å². The van der Waals surface area contributed by atoms with E-state index in [1.54, 1.807) is 0 Å². The van der Waals surface area contributed by atoms with E-state index in [2.05, 4.69) is 20.5 Å². The van der Waals surface area contributed by atoms with E-state index in [4.69, 9.17) is 0 Å². The van der Waals surface area contributed by atoms with E-state index in [-0.39, 0.29) is 12.1 Å². The highest BCUT2D eigenvalue weighted by atomic mass is 19.4. The van der Waals surface area contributed by atoms with Crippen LogP contribution in [-0.4, -0.2) is 21.1 Å².